The molecule has 2 nitrogen and oxygen atoms in total. The van der Waals surface area contributed by atoms with Crippen LogP contribution in [0.2, 0.25) is 0 Å². The van der Waals surface area contributed by atoms with Crippen LogP contribution < -0.4 is 5.46 Å². The van der Waals surface area contributed by atoms with Crippen molar-refractivity contribution in [3.63, 3.8) is 0 Å². The quantitative estimate of drug-likeness (QED) is 0.580. The summed E-state index contributed by atoms with van der Waals surface area (Å²) in [5.41, 5.74) is 2.02. The second-order valence-electron chi connectivity index (χ2n) is 4.74. The maximum absolute atomic E-state index is 9.57. The van der Waals surface area contributed by atoms with Crippen molar-refractivity contribution >= 4 is 24.3 Å². The van der Waals surface area contributed by atoms with Crippen molar-refractivity contribution in [3.05, 3.63) is 23.8 Å². The first kappa shape index (κ1) is 11.1. The average molecular weight is 222 g/mol. The van der Waals surface area contributed by atoms with E-state index in [1.807, 2.05) is 12.1 Å². The van der Waals surface area contributed by atoms with Crippen LogP contribution in [0.1, 0.15) is 26.3 Å². The van der Waals surface area contributed by atoms with E-state index in [1.165, 1.54) is 4.90 Å². The summed E-state index contributed by atoms with van der Waals surface area (Å²) >= 11 is 1.80. The molecule has 0 saturated carbocycles. The van der Waals surface area contributed by atoms with E-state index in [4.69, 9.17) is 4.65 Å². The first-order valence-electron chi connectivity index (χ1n) is 5.07. The Morgan fingerprint density at radius 1 is 1.40 bits per heavy atom. The van der Waals surface area contributed by atoms with Gasteiger partial charge in [0.25, 0.3) is 0 Å². The Balaban J connectivity index is 2.26. The first-order valence-corrected chi connectivity index (χ1v) is 5.89. The molecule has 0 radical (unpaired) electrons. The van der Waals surface area contributed by atoms with Gasteiger partial charge in [0.1, 0.15) is 0 Å². The third-order valence-corrected chi connectivity index (χ3v) is 3.31. The van der Waals surface area contributed by atoms with Gasteiger partial charge >= 0.3 is 7.12 Å². The smallest absolute Gasteiger partial charge is 0.423 e. The van der Waals surface area contributed by atoms with E-state index in [2.05, 4.69) is 26.8 Å². The number of benzene rings is 1. The minimum absolute atomic E-state index is 0.193. The zero-order valence-electron chi connectivity index (χ0n) is 9.28. The molecule has 1 aromatic rings. The fraction of sp³-hybridized carbons (Fsp3) is 0.455. The largest absolute Gasteiger partial charge is 0.491 e. The standard InChI is InChI=1S/C11H15BO2S/c1-11(2,3)15-9-5-4-8-7-14-12(13)10(8)6-9/h4-6,13H,7H2,1-3H3. The van der Waals surface area contributed by atoms with Gasteiger partial charge in [-0.15, -0.1) is 11.8 Å². The molecule has 0 aromatic heterocycles. The molecule has 0 bridgehead atoms. The maximum Gasteiger partial charge on any atom is 0.491 e. The fourth-order valence-electron chi connectivity index (χ4n) is 1.61. The van der Waals surface area contributed by atoms with Crippen molar-refractivity contribution in [3.8, 4) is 0 Å². The topological polar surface area (TPSA) is 29.5 Å². The zero-order valence-corrected chi connectivity index (χ0v) is 10.1. The highest BCUT2D eigenvalue weighted by Gasteiger charge is 2.27. The number of rotatable bonds is 1. The van der Waals surface area contributed by atoms with Gasteiger partial charge in [0.2, 0.25) is 0 Å². The zero-order chi connectivity index (χ0) is 11.1. The average Bonchev–Trinajstić information content (AvgIpc) is 2.45. The first-order chi connectivity index (χ1) is 6.96. The molecule has 1 aliphatic rings. The van der Waals surface area contributed by atoms with Crippen LogP contribution >= 0.6 is 11.8 Å². The summed E-state index contributed by atoms with van der Waals surface area (Å²) in [7, 11) is -0.736. The van der Waals surface area contributed by atoms with E-state index in [1.54, 1.807) is 11.8 Å². The summed E-state index contributed by atoms with van der Waals surface area (Å²) in [6.07, 6.45) is 0. The van der Waals surface area contributed by atoms with Gasteiger partial charge in [-0.1, -0.05) is 26.8 Å². The lowest BCUT2D eigenvalue weighted by atomic mass is 9.80. The molecule has 0 unspecified atom stereocenters. The Labute approximate surface area is 95.2 Å². The van der Waals surface area contributed by atoms with Crippen molar-refractivity contribution in [2.75, 3.05) is 0 Å². The molecule has 2 rings (SSSR count). The molecule has 1 heterocycles. The Hall–Kier alpha value is -0.445. The molecule has 0 saturated heterocycles. The molecule has 1 aliphatic heterocycles. The molecule has 0 aliphatic carbocycles. The van der Waals surface area contributed by atoms with Crippen molar-refractivity contribution in [2.45, 2.75) is 37.0 Å². The molecule has 0 fully saturated rings. The van der Waals surface area contributed by atoms with Gasteiger partial charge < -0.3 is 9.68 Å². The lowest BCUT2D eigenvalue weighted by molar-refractivity contribution is 0.275. The molecule has 0 atom stereocenters. The van der Waals surface area contributed by atoms with Gasteiger partial charge in [-0.05, 0) is 23.2 Å². The van der Waals surface area contributed by atoms with Gasteiger partial charge in [0.05, 0.1) is 6.61 Å². The van der Waals surface area contributed by atoms with Crippen molar-refractivity contribution < 1.29 is 9.68 Å². The molecule has 0 spiro atoms. The Morgan fingerprint density at radius 2 is 2.13 bits per heavy atom. The van der Waals surface area contributed by atoms with Crippen LogP contribution in [0.3, 0.4) is 0 Å². The predicted octanol–water partition coefficient (Wildman–Crippen LogP) is 1.79. The molecule has 4 heteroatoms. The number of fused-ring (bicyclic) bond motifs is 1. The highest BCUT2D eigenvalue weighted by Crippen LogP contribution is 2.31. The van der Waals surface area contributed by atoms with Crippen LogP contribution in [0.15, 0.2) is 23.1 Å². The van der Waals surface area contributed by atoms with Crippen LogP contribution in [0, 0.1) is 0 Å². The number of thioether (sulfide) groups is 1. The molecule has 0 amide bonds. The van der Waals surface area contributed by atoms with Gasteiger partial charge in [0.15, 0.2) is 0 Å². The molecule has 1 aromatic carbocycles. The van der Waals surface area contributed by atoms with E-state index < -0.39 is 7.12 Å². The van der Waals surface area contributed by atoms with E-state index in [0.717, 1.165) is 11.0 Å². The highest BCUT2D eigenvalue weighted by molar-refractivity contribution is 8.00. The Kier molecular flexibility index (Phi) is 2.84. The Bertz CT molecular complexity index is 373. The van der Waals surface area contributed by atoms with Gasteiger partial charge in [-0.25, -0.2) is 0 Å². The number of hydrogen-bond acceptors (Lipinski definition) is 3. The maximum atomic E-state index is 9.57. The third kappa shape index (κ3) is 2.57. The van der Waals surface area contributed by atoms with Crippen LogP contribution in [-0.2, 0) is 11.3 Å². The minimum Gasteiger partial charge on any atom is -0.423 e. The Morgan fingerprint density at radius 3 is 2.80 bits per heavy atom. The van der Waals surface area contributed by atoms with Crippen molar-refractivity contribution in [1.29, 1.82) is 0 Å². The molecule has 1 N–H and O–H groups in total. The lowest BCUT2D eigenvalue weighted by Gasteiger charge is -2.17. The van der Waals surface area contributed by atoms with Crippen molar-refractivity contribution in [2.24, 2.45) is 0 Å². The minimum atomic E-state index is -0.736. The molecular weight excluding hydrogens is 207 g/mol. The molecule has 80 valence electrons. The summed E-state index contributed by atoms with van der Waals surface area (Å²) in [6, 6.07) is 6.17. The van der Waals surface area contributed by atoms with Crippen molar-refractivity contribution in [1.82, 2.24) is 0 Å². The van der Waals surface area contributed by atoms with Crippen LogP contribution in [0.4, 0.5) is 0 Å². The second-order valence-corrected chi connectivity index (χ2v) is 6.64. The van der Waals surface area contributed by atoms with Crippen LogP contribution in [-0.4, -0.2) is 16.9 Å². The van der Waals surface area contributed by atoms with Crippen LogP contribution in [0.25, 0.3) is 0 Å². The van der Waals surface area contributed by atoms with Gasteiger partial charge in [-0.2, -0.15) is 0 Å². The fourth-order valence-corrected chi connectivity index (χ4v) is 2.64. The normalized spacial score (nSPS) is 15.6. The molecular formula is C11H15BO2S. The monoisotopic (exact) mass is 222 g/mol. The highest BCUT2D eigenvalue weighted by atomic mass is 32.2. The predicted molar refractivity (Wildman–Crippen MR) is 64.4 cm³/mol. The molecule has 15 heavy (non-hydrogen) atoms. The van der Waals surface area contributed by atoms with Gasteiger partial charge in [0, 0.05) is 9.64 Å². The summed E-state index contributed by atoms with van der Waals surface area (Å²) in [5, 5.41) is 9.57. The third-order valence-electron chi connectivity index (χ3n) is 2.20. The van der Waals surface area contributed by atoms with Gasteiger partial charge in [-0.3, -0.25) is 0 Å². The summed E-state index contributed by atoms with van der Waals surface area (Å²) in [4.78, 5) is 1.19. The second kappa shape index (κ2) is 3.85. The lowest BCUT2D eigenvalue weighted by Crippen LogP contribution is -2.28. The van der Waals surface area contributed by atoms with E-state index >= 15 is 0 Å². The van der Waals surface area contributed by atoms with E-state index in [0.29, 0.717) is 6.61 Å². The SMILES string of the molecule is CC(C)(C)Sc1ccc2c(c1)B(O)OC2. The summed E-state index contributed by atoms with van der Waals surface area (Å²) in [6.45, 7) is 7.06. The summed E-state index contributed by atoms with van der Waals surface area (Å²) < 4.78 is 5.35. The van der Waals surface area contributed by atoms with Crippen LogP contribution in [0.5, 0.6) is 0 Å². The number of hydrogen-bond donors (Lipinski definition) is 1. The van der Waals surface area contributed by atoms with E-state index in [9.17, 15) is 5.02 Å². The van der Waals surface area contributed by atoms with E-state index in [-0.39, 0.29) is 4.75 Å². The summed E-state index contributed by atoms with van der Waals surface area (Å²) in [5.74, 6) is 0.